The van der Waals surface area contributed by atoms with Crippen LogP contribution in [0.4, 0.5) is 5.82 Å². The number of para-hydroxylation sites is 1. The van der Waals surface area contributed by atoms with Gasteiger partial charge in [-0.15, -0.1) is 0 Å². The van der Waals surface area contributed by atoms with Gasteiger partial charge in [0.2, 0.25) is 5.78 Å². The average molecular weight is 402 g/mol. The molecule has 0 fully saturated rings. The van der Waals surface area contributed by atoms with E-state index < -0.39 is 0 Å². The van der Waals surface area contributed by atoms with Gasteiger partial charge in [0.05, 0.1) is 13.7 Å². The van der Waals surface area contributed by atoms with Crippen molar-refractivity contribution in [3.05, 3.63) is 72.6 Å². The lowest BCUT2D eigenvalue weighted by atomic mass is 10.1. The van der Waals surface area contributed by atoms with E-state index >= 15 is 0 Å². The van der Waals surface area contributed by atoms with E-state index in [0.717, 1.165) is 53.6 Å². The molecule has 0 bridgehead atoms. The number of methoxy groups -OCH3 is 1. The summed E-state index contributed by atoms with van der Waals surface area (Å²) in [6.45, 7) is 3.50. The highest BCUT2D eigenvalue weighted by atomic mass is 16.5. The molecule has 30 heavy (non-hydrogen) atoms. The minimum atomic E-state index is 0.609. The van der Waals surface area contributed by atoms with Crippen molar-refractivity contribution in [3.63, 3.8) is 0 Å². The molecule has 0 saturated heterocycles. The van der Waals surface area contributed by atoms with E-state index in [1.54, 1.807) is 13.3 Å². The Hall–Kier alpha value is -3.54. The monoisotopic (exact) mass is 402 g/mol. The van der Waals surface area contributed by atoms with Gasteiger partial charge in [0, 0.05) is 30.1 Å². The van der Waals surface area contributed by atoms with Gasteiger partial charge in [-0.3, -0.25) is 4.40 Å². The van der Waals surface area contributed by atoms with Gasteiger partial charge in [0.25, 0.3) is 0 Å². The van der Waals surface area contributed by atoms with Crippen molar-refractivity contribution in [2.75, 3.05) is 19.0 Å². The highest BCUT2D eigenvalue weighted by Gasteiger charge is 2.15. The maximum atomic E-state index is 5.79. The number of hydrogen-bond acceptors (Lipinski definition) is 5. The number of imidazole rings is 1. The van der Waals surface area contributed by atoms with Crippen LogP contribution in [0.3, 0.4) is 0 Å². The van der Waals surface area contributed by atoms with Crippen LogP contribution in [0, 0.1) is 0 Å². The molecule has 0 spiro atoms. The zero-order chi connectivity index (χ0) is 20.8. The molecule has 0 saturated carbocycles. The minimum Gasteiger partial charge on any atom is -0.496 e. The average Bonchev–Trinajstić information content (AvgIpc) is 3.17. The van der Waals surface area contributed by atoms with Gasteiger partial charge in [0.1, 0.15) is 23.0 Å². The Morgan fingerprint density at radius 2 is 1.87 bits per heavy atom. The first-order chi connectivity index (χ1) is 14.8. The molecule has 154 valence electrons. The first-order valence-electron chi connectivity index (χ1n) is 10.2. The molecule has 0 radical (unpaired) electrons. The van der Waals surface area contributed by atoms with Gasteiger partial charge in [0.15, 0.2) is 0 Å². The fourth-order valence-electron chi connectivity index (χ4n) is 3.33. The quantitative estimate of drug-likeness (QED) is 0.390. The highest BCUT2D eigenvalue weighted by Crippen LogP contribution is 2.30. The summed E-state index contributed by atoms with van der Waals surface area (Å²) in [5, 5.41) is 3.53. The summed E-state index contributed by atoms with van der Waals surface area (Å²) in [6.07, 6.45) is 5.89. The molecule has 0 atom stereocenters. The van der Waals surface area contributed by atoms with Crippen LogP contribution < -0.4 is 14.8 Å². The van der Waals surface area contributed by atoms with Crippen LogP contribution in [-0.2, 0) is 6.54 Å². The molecule has 1 N–H and O–H groups in total. The zero-order valence-corrected chi connectivity index (χ0v) is 17.3. The first kappa shape index (κ1) is 19.8. The topological polar surface area (TPSA) is 60.7 Å². The lowest BCUT2D eigenvalue weighted by Crippen LogP contribution is -2.05. The fourth-order valence-corrected chi connectivity index (χ4v) is 3.33. The second kappa shape index (κ2) is 9.31. The van der Waals surface area contributed by atoms with Crippen LogP contribution in [0.2, 0.25) is 0 Å². The summed E-state index contributed by atoms with van der Waals surface area (Å²) in [6, 6.07) is 18.0. The first-order valence-corrected chi connectivity index (χ1v) is 10.2. The molecule has 6 heteroatoms. The van der Waals surface area contributed by atoms with Gasteiger partial charge < -0.3 is 14.8 Å². The van der Waals surface area contributed by atoms with Crippen molar-refractivity contribution in [1.29, 1.82) is 0 Å². The third kappa shape index (κ3) is 4.22. The van der Waals surface area contributed by atoms with Crippen molar-refractivity contribution in [2.24, 2.45) is 0 Å². The molecule has 4 rings (SSSR count). The Kier molecular flexibility index (Phi) is 6.13. The maximum Gasteiger partial charge on any atom is 0.235 e. The number of ether oxygens (including phenoxy) is 2. The second-order valence-corrected chi connectivity index (χ2v) is 6.99. The summed E-state index contributed by atoms with van der Waals surface area (Å²) >= 11 is 0. The van der Waals surface area contributed by atoms with Gasteiger partial charge in [-0.2, -0.15) is 0 Å². The van der Waals surface area contributed by atoms with Crippen LogP contribution >= 0.6 is 0 Å². The third-order valence-electron chi connectivity index (χ3n) is 4.94. The van der Waals surface area contributed by atoms with Crippen LogP contribution in [0.1, 0.15) is 25.3 Å². The molecular weight excluding hydrogens is 376 g/mol. The number of nitrogens with zero attached hydrogens (tertiary/aromatic N) is 3. The molecule has 0 amide bonds. The van der Waals surface area contributed by atoms with Crippen LogP contribution in [0.5, 0.6) is 11.5 Å². The molecule has 0 aliphatic heterocycles. The summed E-state index contributed by atoms with van der Waals surface area (Å²) in [5.41, 5.74) is 2.93. The summed E-state index contributed by atoms with van der Waals surface area (Å²) < 4.78 is 13.2. The summed E-state index contributed by atoms with van der Waals surface area (Å²) in [5.74, 6) is 3.27. The zero-order valence-electron chi connectivity index (χ0n) is 17.3. The standard InChI is InChI=1S/C24H26N4O2/c1-3-4-16-30-20-12-10-18(11-13-20)22-23(28-15-7-14-25-24(28)27-22)26-17-19-8-5-6-9-21(19)29-2/h5-15,26H,3-4,16-17H2,1-2H3. The van der Waals surface area contributed by atoms with E-state index in [2.05, 4.69) is 23.3 Å². The lowest BCUT2D eigenvalue weighted by Gasteiger charge is -2.12. The van der Waals surface area contributed by atoms with Gasteiger partial charge in [-0.25, -0.2) is 9.97 Å². The third-order valence-corrected chi connectivity index (χ3v) is 4.94. The number of unbranched alkanes of at least 4 members (excludes halogenated alkanes) is 1. The number of benzene rings is 2. The number of hydrogen-bond donors (Lipinski definition) is 1. The predicted octanol–water partition coefficient (Wildman–Crippen LogP) is 5.20. The van der Waals surface area contributed by atoms with E-state index in [0.29, 0.717) is 12.3 Å². The van der Waals surface area contributed by atoms with E-state index in [1.165, 1.54) is 0 Å². The molecule has 0 aliphatic carbocycles. The van der Waals surface area contributed by atoms with Crippen LogP contribution in [0.25, 0.3) is 17.0 Å². The van der Waals surface area contributed by atoms with Crippen molar-refractivity contribution >= 4 is 11.6 Å². The normalized spacial score (nSPS) is 10.9. The van der Waals surface area contributed by atoms with Crippen molar-refractivity contribution in [1.82, 2.24) is 14.4 Å². The van der Waals surface area contributed by atoms with Gasteiger partial charge >= 0.3 is 0 Å². The van der Waals surface area contributed by atoms with E-state index in [4.69, 9.17) is 14.5 Å². The van der Waals surface area contributed by atoms with Crippen LogP contribution in [-0.4, -0.2) is 28.1 Å². The largest absolute Gasteiger partial charge is 0.496 e. The number of anilines is 1. The Morgan fingerprint density at radius 1 is 1.03 bits per heavy atom. The molecule has 0 unspecified atom stereocenters. The highest BCUT2D eigenvalue weighted by molar-refractivity contribution is 5.76. The number of nitrogens with one attached hydrogen (secondary N) is 1. The van der Waals surface area contributed by atoms with Gasteiger partial charge in [-0.05, 0) is 42.8 Å². The molecular formula is C24H26N4O2. The smallest absolute Gasteiger partial charge is 0.235 e. The Bertz CT molecular complexity index is 1110. The lowest BCUT2D eigenvalue weighted by molar-refractivity contribution is 0.309. The van der Waals surface area contributed by atoms with Crippen LogP contribution in [0.15, 0.2) is 67.0 Å². The predicted molar refractivity (Wildman–Crippen MR) is 119 cm³/mol. The molecule has 2 aromatic heterocycles. The molecule has 2 aromatic carbocycles. The summed E-state index contributed by atoms with van der Waals surface area (Å²) in [7, 11) is 1.69. The van der Waals surface area contributed by atoms with Crippen molar-refractivity contribution in [2.45, 2.75) is 26.3 Å². The molecule has 2 heterocycles. The SMILES string of the molecule is CCCCOc1ccc(-c2nc3ncccn3c2NCc2ccccc2OC)cc1. The Balaban J connectivity index is 1.63. The van der Waals surface area contributed by atoms with Crippen molar-refractivity contribution < 1.29 is 9.47 Å². The Labute approximate surface area is 176 Å². The number of fused-ring (bicyclic) bond motifs is 1. The molecule has 6 nitrogen and oxygen atoms in total. The second-order valence-electron chi connectivity index (χ2n) is 6.99. The number of rotatable bonds is 9. The van der Waals surface area contributed by atoms with Crippen molar-refractivity contribution in [3.8, 4) is 22.8 Å². The minimum absolute atomic E-state index is 0.609. The Morgan fingerprint density at radius 3 is 2.67 bits per heavy atom. The molecule has 4 aromatic rings. The maximum absolute atomic E-state index is 5.79. The van der Waals surface area contributed by atoms with E-state index in [1.807, 2.05) is 59.1 Å². The van der Waals surface area contributed by atoms with E-state index in [-0.39, 0.29) is 0 Å². The summed E-state index contributed by atoms with van der Waals surface area (Å²) in [4.78, 5) is 9.17. The van der Waals surface area contributed by atoms with Gasteiger partial charge in [-0.1, -0.05) is 31.5 Å². The van der Waals surface area contributed by atoms with E-state index in [9.17, 15) is 0 Å². The fraction of sp³-hybridized carbons (Fsp3) is 0.250. The molecule has 0 aliphatic rings. The number of aromatic nitrogens is 3.